The van der Waals surface area contributed by atoms with Gasteiger partial charge in [-0.05, 0) is 84.1 Å². The fourth-order valence-electron chi connectivity index (χ4n) is 7.85. The summed E-state index contributed by atoms with van der Waals surface area (Å²) < 4.78 is 18.1. The molecule has 0 N–H and O–H groups in total. The Labute approximate surface area is 336 Å². The summed E-state index contributed by atoms with van der Waals surface area (Å²) in [5.41, 5.74) is 13.7. The number of hydrogen-bond acceptors (Lipinski definition) is 3. The van der Waals surface area contributed by atoms with Gasteiger partial charge in [-0.25, -0.2) is 19.3 Å². The second kappa shape index (κ2) is 14.5. The van der Waals surface area contributed by atoms with E-state index in [0.717, 1.165) is 60.9 Å². The van der Waals surface area contributed by atoms with Gasteiger partial charge in [-0.15, -0.1) is 0 Å². The standard InChI is InChI=1S/C53H37FN4/c1-34-17-21-36(22-18-34)40-25-29-49-45(31-40)46-32-41(37-23-19-35(2)20-24-37)26-30-50(46)58(49)42-27-28-43(44-15-9-10-16-48(44)54)47(33-42)53-56-51(38-11-5-3-6-12-38)55-52(57-53)39-13-7-4-8-14-39/h3-33H,1-2H3. The first-order chi connectivity index (χ1) is 28.5. The fraction of sp³-hybridized carbons (Fsp3) is 0.0377. The predicted molar refractivity (Wildman–Crippen MR) is 236 cm³/mol. The monoisotopic (exact) mass is 748 g/mol. The summed E-state index contributed by atoms with van der Waals surface area (Å²) in [5.74, 6) is 1.22. The third-order valence-electron chi connectivity index (χ3n) is 10.9. The molecule has 276 valence electrons. The van der Waals surface area contributed by atoms with Gasteiger partial charge in [-0.1, -0.05) is 157 Å². The number of aromatic nitrogens is 4. The highest BCUT2D eigenvalue weighted by Crippen LogP contribution is 2.40. The largest absolute Gasteiger partial charge is 0.309 e. The molecule has 0 fully saturated rings. The molecule has 0 spiro atoms. The lowest BCUT2D eigenvalue weighted by atomic mass is 9.97. The van der Waals surface area contributed by atoms with Crippen LogP contribution in [0.4, 0.5) is 4.39 Å². The summed E-state index contributed by atoms with van der Waals surface area (Å²) in [6.07, 6.45) is 0. The minimum absolute atomic E-state index is 0.318. The molecule has 0 aliphatic carbocycles. The molecule has 0 bridgehead atoms. The Kier molecular flexibility index (Phi) is 8.76. The van der Waals surface area contributed by atoms with Crippen molar-refractivity contribution >= 4 is 21.8 Å². The Hall–Kier alpha value is -7.50. The van der Waals surface area contributed by atoms with Crippen LogP contribution in [-0.2, 0) is 0 Å². The molecule has 4 nitrogen and oxygen atoms in total. The number of halogens is 1. The molecule has 0 unspecified atom stereocenters. The molecule has 58 heavy (non-hydrogen) atoms. The lowest BCUT2D eigenvalue weighted by Gasteiger charge is -2.16. The molecule has 0 aliphatic heterocycles. The molecular weight excluding hydrogens is 712 g/mol. The zero-order valence-electron chi connectivity index (χ0n) is 32.1. The topological polar surface area (TPSA) is 43.6 Å². The molecule has 0 amide bonds. The van der Waals surface area contributed by atoms with Crippen molar-refractivity contribution < 1.29 is 4.39 Å². The van der Waals surface area contributed by atoms with Gasteiger partial charge >= 0.3 is 0 Å². The van der Waals surface area contributed by atoms with Crippen LogP contribution >= 0.6 is 0 Å². The van der Waals surface area contributed by atoms with Crippen molar-refractivity contribution in [2.24, 2.45) is 0 Å². The number of benzene rings is 8. The van der Waals surface area contributed by atoms with Crippen LogP contribution in [0.25, 0.3) is 95.0 Å². The smallest absolute Gasteiger partial charge is 0.164 e. The molecule has 0 atom stereocenters. The lowest BCUT2D eigenvalue weighted by molar-refractivity contribution is 0.631. The summed E-state index contributed by atoms with van der Waals surface area (Å²) in [4.78, 5) is 15.2. The van der Waals surface area contributed by atoms with Gasteiger partial charge in [-0.3, -0.25) is 0 Å². The molecule has 5 heteroatoms. The first-order valence-electron chi connectivity index (χ1n) is 19.5. The highest BCUT2D eigenvalue weighted by molar-refractivity contribution is 6.11. The quantitative estimate of drug-likeness (QED) is 0.163. The first-order valence-corrected chi connectivity index (χ1v) is 19.5. The maximum atomic E-state index is 15.8. The van der Waals surface area contributed by atoms with Gasteiger partial charge in [0.05, 0.1) is 11.0 Å². The highest BCUT2D eigenvalue weighted by atomic mass is 19.1. The number of nitrogens with zero attached hydrogens (tertiary/aromatic N) is 4. The number of fused-ring (bicyclic) bond motifs is 3. The zero-order valence-corrected chi connectivity index (χ0v) is 32.1. The van der Waals surface area contributed by atoms with Crippen LogP contribution < -0.4 is 0 Å². The number of rotatable bonds is 7. The van der Waals surface area contributed by atoms with Crippen LogP contribution in [-0.4, -0.2) is 19.5 Å². The van der Waals surface area contributed by atoms with Crippen molar-refractivity contribution in [2.75, 3.05) is 0 Å². The van der Waals surface area contributed by atoms with E-state index in [9.17, 15) is 0 Å². The van der Waals surface area contributed by atoms with Crippen LogP contribution in [0.2, 0.25) is 0 Å². The molecule has 10 aromatic rings. The van der Waals surface area contributed by atoms with Gasteiger partial charge in [-0.2, -0.15) is 0 Å². The van der Waals surface area contributed by atoms with Gasteiger partial charge in [0.2, 0.25) is 0 Å². The summed E-state index contributed by atoms with van der Waals surface area (Å²) in [7, 11) is 0. The van der Waals surface area contributed by atoms with Crippen LogP contribution in [0, 0.1) is 19.7 Å². The molecule has 0 saturated carbocycles. The summed E-state index contributed by atoms with van der Waals surface area (Å²) >= 11 is 0. The van der Waals surface area contributed by atoms with Crippen molar-refractivity contribution in [3.05, 3.63) is 205 Å². The third kappa shape index (κ3) is 6.43. The van der Waals surface area contributed by atoms with E-state index in [-0.39, 0.29) is 5.82 Å². The Morgan fingerprint density at radius 1 is 0.362 bits per heavy atom. The van der Waals surface area contributed by atoms with Crippen LogP contribution in [0.15, 0.2) is 188 Å². The van der Waals surface area contributed by atoms with E-state index < -0.39 is 0 Å². The second-order valence-corrected chi connectivity index (χ2v) is 14.8. The molecule has 10 rings (SSSR count). The van der Waals surface area contributed by atoms with Crippen LogP contribution in [0.5, 0.6) is 0 Å². The van der Waals surface area contributed by atoms with E-state index in [2.05, 4.69) is 115 Å². The van der Waals surface area contributed by atoms with Crippen molar-refractivity contribution in [2.45, 2.75) is 13.8 Å². The van der Waals surface area contributed by atoms with Crippen LogP contribution in [0.1, 0.15) is 11.1 Å². The van der Waals surface area contributed by atoms with Gasteiger partial charge in [0.25, 0.3) is 0 Å². The minimum Gasteiger partial charge on any atom is -0.309 e. The maximum absolute atomic E-state index is 15.8. The summed E-state index contributed by atoms with van der Waals surface area (Å²) in [6.45, 7) is 4.22. The Bertz CT molecular complexity index is 2950. The van der Waals surface area contributed by atoms with E-state index in [4.69, 9.17) is 15.0 Å². The predicted octanol–water partition coefficient (Wildman–Crippen LogP) is 13.7. The average molecular weight is 749 g/mol. The molecular formula is C53H37FN4. The third-order valence-corrected chi connectivity index (χ3v) is 10.9. The number of hydrogen-bond donors (Lipinski definition) is 0. The Morgan fingerprint density at radius 3 is 1.34 bits per heavy atom. The van der Waals surface area contributed by atoms with E-state index in [1.165, 1.54) is 17.2 Å². The summed E-state index contributed by atoms with van der Waals surface area (Å²) in [5, 5.41) is 2.28. The SMILES string of the molecule is Cc1ccc(-c2ccc3c(c2)c2cc(-c4ccc(C)cc4)ccc2n3-c2ccc(-c3ccccc3F)c(-c3nc(-c4ccccc4)nc(-c4ccccc4)n3)c2)cc1. The van der Waals surface area contributed by atoms with E-state index >= 15 is 4.39 Å². The van der Waals surface area contributed by atoms with E-state index in [1.54, 1.807) is 6.07 Å². The first kappa shape index (κ1) is 35.0. The Morgan fingerprint density at radius 2 is 0.828 bits per heavy atom. The molecule has 0 saturated heterocycles. The second-order valence-electron chi connectivity index (χ2n) is 14.8. The normalized spacial score (nSPS) is 11.4. The number of aryl methyl sites for hydroxylation is 2. The van der Waals surface area contributed by atoms with Crippen molar-refractivity contribution in [3.8, 4) is 73.2 Å². The minimum atomic E-state index is -0.318. The molecule has 8 aromatic carbocycles. The van der Waals surface area contributed by atoms with Gasteiger partial charge in [0.15, 0.2) is 17.5 Å². The van der Waals surface area contributed by atoms with Crippen molar-refractivity contribution in [3.63, 3.8) is 0 Å². The van der Waals surface area contributed by atoms with Gasteiger partial charge in [0, 0.05) is 38.7 Å². The highest BCUT2D eigenvalue weighted by Gasteiger charge is 2.21. The lowest BCUT2D eigenvalue weighted by Crippen LogP contribution is -2.03. The van der Waals surface area contributed by atoms with Crippen molar-refractivity contribution in [1.29, 1.82) is 0 Å². The molecule has 2 aromatic heterocycles. The summed E-state index contributed by atoms with van der Waals surface area (Å²) in [6, 6.07) is 63.7. The van der Waals surface area contributed by atoms with E-state index in [0.29, 0.717) is 34.2 Å². The average Bonchev–Trinajstić information content (AvgIpc) is 3.60. The van der Waals surface area contributed by atoms with E-state index in [1.807, 2.05) is 78.9 Å². The zero-order chi connectivity index (χ0) is 39.2. The molecule has 0 aliphatic rings. The van der Waals surface area contributed by atoms with Crippen molar-refractivity contribution in [1.82, 2.24) is 19.5 Å². The Balaban J connectivity index is 1.24. The molecule has 0 radical (unpaired) electrons. The molecule has 2 heterocycles. The maximum Gasteiger partial charge on any atom is 0.164 e. The fourth-order valence-corrected chi connectivity index (χ4v) is 7.85. The van der Waals surface area contributed by atoms with Gasteiger partial charge < -0.3 is 4.57 Å². The van der Waals surface area contributed by atoms with Crippen LogP contribution in [0.3, 0.4) is 0 Å². The van der Waals surface area contributed by atoms with Gasteiger partial charge in [0.1, 0.15) is 5.82 Å².